The van der Waals surface area contributed by atoms with Gasteiger partial charge in [-0.1, -0.05) is 6.42 Å². The number of nitrogens with two attached hydrogens (primary N) is 1. The molecular formula is C12H20N4O2S. The van der Waals surface area contributed by atoms with E-state index in [1.807, 2.05) is 0 Å². The minimum atomic E-state index is -3.42. The Kier molecular flexibility index (Phi) is 3.15. The molecule has 3 rings (SSSR count). The average molecular weight is 284 g/mol. The molecule has 106 valence electrons. The Morgan fingerprint density at radius 2 is 2.21 bits per heavy atom. The van der Waals surface area contributed by atoms with Gasteiger partial charge >= 0.3 is 0 Å². The van der Waals surface area contributed by atoms with Gasteiger partial charge in [-0.15, -0.1) is 0 Å². The van der Waals surface area contributed by atoms with Crippen LogP contribution in [0.4, 0.5) is 0 Å². The van der Waals surface area contributed by atoms with Gasteiger partial charge in [-0.2, -0.15) is 9.40 Å². The summed E-state index contributed by atoms with van der Waals surface area (Å²) in [7, 11) is -3.42. The maximum Gasteiger partial charge on any atom is 0.246 e. The van der Waals surface area contributed by atoms with E-state index in [1.165, 1.54) is 6.20 Å². The van der Waals surface area contributed by atoms with Crippen molar-refractivity contribution < 1.29 is 8.42 Å². The largest absolute Gasteiger partial charge is 0.327 e. The molecule has 3 atom stereocenters. The molecule has 0 amide bonds. The van der Waals surface area contributed by atoms with E-state index >= 15 is 0 Å². The van der Waals surface area contributed by atoms with Crippen LogP contribution in [0, 0.1) is 18.8 Å². The molecule has 1 saturated carbocycles. The Morgan fingerprint density at radius 3 is 2.84 bits per heavy atom. The Labute approximate surface area is 113 Å². The molecule has 1 aromatic heterocycles. The number of hydrogen-bond donors (Lipinski definition) is 2. The summed E-state index contributed by atoms with van der Waals surface area (Å²) in [5, 5.41) is 6.50. The van der Waals surface area contributed by atoms with Crippen LogP contribution in [0.1, 0.15) is 25.0 Å². The Bertz CT molecular complexity index is 568. The van der Waals surface area contributed by atoms with Crippen LogP contribution in [0.15, 0.2) is 11.1 Å². The Balaban J connectivity index is 1.86. The molecule has 1 aliphatic heterocycles. The summed E-state index contributed by atoms with van der Waals surface area (Å²) in [6.07, 6.45) is 4.61. The number of nitrogens with zero attached hydrogens (tertiary/aromatic N) is 2. The molecule has 3 unspecified atom stereocenters. The normalized spacial score (nSPS) is 32.4. The van der Waals surface area contributed by atoms with E-state index < -0.39 is 10.0 Å². The standard InChI is InChI=1S/C12H20N4O2S/c1-8-12(5-14-15-8)19(17,18)16-6-9-3-2-4-11(13)10(9)7-16/h5,9-11H,2-4,6-7,13H2,1H3,(H,14,15). The fourth-order valence-corrected chi connectivity index (χ4v) is 5.06. The van der Waals surface area contributed by atoms with E-state index in [2.05, 4.69) is 10.2 Å². The summed E-state index contributed by atoms with van der Waals surface area (Å²) in [4.78, 5) is 0.291. The van der Waals surface area contributed by atoms with Gasteiger partial charge in [-0.05, 0) is 31.6 Å². The molecule has 3 N–H and O–H groups in total. The molecule has 1 aliphatic carbocycles. The summed E-state index contributed by atoms with van der Waals surface area (Å²) in [6.45, 7) is 2.89. The van der Waals surface area contributed by atoms with E-state index in [0.29, 0.717) is 35.5 Å². The molecule has 0 radical (unpaired) electrons. The molecule has 1 aromatic rings. The van der Waals surface area contributed by atoms with Crippen molar-refractivity contribution in [1.82, 2.24) is 14.5 Å². The third-order valence-electron chi connectivity index (χ3n) is 4.52. The second kappa shape index (κ2) is 4.57. The topological polar surface area (TPSA) is 92.1 Å². The lowest BCUT2D eigenvalue weighted by Gasteiger charge is -2.29. The maximum absolute atomic E-state index is 12.6. The molecule has 2 heterocycles. The van der Waals surface area contributed by atoms with Crippen molar-refractivity contribution in [3.05, 3.63) is 11.9 Å². The van der Waals surface area contributed by atoms with Crippen LogP contribution in [0.3, 0.4) is 0 Å². The number of sulfonamides is 1. The fourth-order valence-electron chi connectivity index (χ4n) is 3.41. The van der Waals surface area contributed by atoms with Gasteiger partial charge in [-0.3, -0.25) is 5.10 Å². The fraction of sp³-hybridized carbons (Fsp3) is 0.750. The van der Waals surface area contributed by atoms with Crippen LogP contribution in [0.2, 0.25) is 0 Å². The second-order valence-electron chi connectivity index (χ2n) is 5.70. The van der Waals surface area contributed by atoms with Crippen molar-refractivity contribution >= 4 is 10.0 Å². The number of aryl methyl sites for hydroxylation is 1. The first-order chi connectivity index (χ1) is 9.00. The third-order valence-corrected chi connectivity index (χ3v) is 6.47. The number of aromatic nitrogens is 2. The van der Waals surface area contributed by atoms with Crippen LogP contribution in [0.25, 0.3) is 0 Å². The van der Waals surface area contributed by atoms with Gasteiger partial charge in [0.15, 0.2) is 0 Å². The molecule has 1 saturated heterocycles. The summed E-state index contributed by atoms with van der Waals surface area (Å²) < 4.78 is 26.8. The highest BCUT2D eigenvalue weighted by Crippen LogP contribution is 2.37. The van der Waals surface area contributed by atoms with Crippen molar-refractivity contribution in [2.45, 2.75) is 37.1 Å². The number of hydrogen-bond acceptors (Lipinski definition) is 4. The first kappa shape index (κ1) is 13.1. The van der Waals surface area contributed by atoms with Crippen LogP contribution in [-0.2, 0) is 10.0 Å². The van der Waals surface area contributed by atoms with Crippen LogP contribution < -0.4 is 5.73 Å². The minimum Gasteiger partial charge on any atom is -0.327 e. The minimum absolute atomic E-state index is 0.143. The monoisotopic (exact) mass is 284 g/mol. The maximum atomic E-state index is 12.6. The quantitative estimate of drug-likeness (QED) is 0.825. The van der Waals surface area contributed by atoms with Crippen molar-refractivity contribution in [1.29, 1.82) is 0 Å². The first-order valence-electron chi connectivity index (χ1n) is 6.76. The smallest absolute Gasteiger partial charge is 0.246 e. The van der Waals surface area contributed by atoms with Gasteiger partial charge in [0, 0.05) is 19.1 Å². The molecule has 0 bridgehead atoms. The second-order valence-corrected chi connectivity index (χ2v) is 7.61. The summed E-state index contributed by atoms with van der Waals surface area (Å²) in [6, 6.07) is 0.143. The van der Waals surface area contributed by atoms with Crippen LogP contribution >= 0.6 is 0 Å². The lowest BCUT2D eigenvalue weighted by molar-refractivity contribution is 0.260. The van der Waals surface area contributed by atoms with E-state index in [4.69, 9.17) is 5.73 Å². The van der Waals surface area contributed by atoms with Gasteiger partial charge in [0.1, 0.15) is 4.90 Å². The highest BCUT2D eigenvalue weighted by atomic mass is 32.2. The summed E-state index contributed by atoms with van der Waals surface area (Å²) in [5.74, 6) is 0.737. The number of rotatable bonds is 2. The number of fused-ring (bicyclic) bond motifs is 1. The first-order valence-corrected chi connectivity index (χ1v) is 8.20. The predicted octanol–water partition coefficient (Wildman–Crippen LogP) is 0.466. The van der Waals surface area contributed by atoms with Gasteiger partial charge in [0.25, 0.3) is 0 Å². The van der Waals surface area contributed by atoms with Crippen molar-refractivity contribution in [2.24, 2.45) is 17.6 Å². The SMILES string of the molecule is Cc1[nH]ncc1S(=O)(=O)N1CC2CCCC(N)C2C1. The summed E-state index contributed by atoms with van der Waals surface area (Å²) in [5.41, 5.74) is 6.73. The molecule has 7 heteroatoms. The van der Waals surface area contributed by atoms with E-state index in [9.17, 15) is 8.42 Å². The van der Waals surface area contributed by atoms with E-state index in [0.717, 1.165) is 19.3 Å². The lowest BCUT2D eigenvalue weighted by Crippen LogP contribution is -2.38. The van der Waals surface area contributed by atoms with E-state index in [-0.39, 0.29) is 6.04 Å². The molecule has 2 fully saturated rings. The van der Waals surface area contributed by atoms with Gasteiger partial charge in [0.05, 0.1) is 11.9 Å². The van der Waals surface area contributed by atoms with Gasteiger partial charge < -0.3 is 5.73 Å². The molecule has 6 nitrogen and oxygen atoms in total. The zero-order chi connectivity index (χ0) is 13.6. The molecule has 2 aliphatic rings. The summed E-state index contributed by atoms with van der Waals surface area (Å²) >= 11 is 0. The van der Waals surface area contributed by atoms with Gasteiger partial charge in [0.2, 0.25) is 10.0 Å². The lowest BCUT2D eigenvalue weighted by atomic mass is 9.78. The number of H-pyrrole nitrogens is 1. The van der Waals surface area contributed by atoms with Crippen LogP contribution in [-0.4, -0.2) is 42.1 Å². The number of aromatic amines is 1. The molecule has 0 aromatic carbocycles. The van der Waals surface area contributed by atoms with Gasteiger partial charge in [-0.25, -0.2) is 8.42 Å². The molecular weight excluding hydrogens is 264 g/mol. The van der Waals surface area contributed by atoms with E-state index in [1.54, 1.807) is 11.2 Å². The van der Waals surface area contributed by atoms with Crippen molar-refractivity contribution in [2.75, 3.05) is 13.1 Å². The zero-order valence-corrected chi connectivity index (χ0v) is 11.9. The van der Waals surface area contributed by atoms with Crippen molar-refractivity contribution in [3.8, 4) is 0 Å². The Hall–Kier alpha value is -0.920. The van der Waals surface area contributed by atoms with Crippen LogP contribution in [0.5, 0.6) is 0 Å². The molecule has 19 heavy (non-hydrogen) atoms. The zero-order valence-electron chi connectivity index (χ0n) is 11.0. The third kappa shape index (κ3) is 2.09. The molecule has 0 spiro atoms. The van der Waals surface area contributed by atoms with Crippen molar-refractivity contribution in [3.63, 3.8) is 0 Å². The highest BCUT2D eigenvalue weighted by molar-refractivity contribution is 7.89. The Morgan fingerprint density at radius 1 is 1.42 bits per heavy atom. The predicted molar refractivity (Wildman–Crippen MR) is 70.9 cm³/mol. The average Bonchev–Trinajstić information content (AvgIpc) is 2.96. The highest BCUT2D eigenvalue weighted by Gasteiger charge is 2.43. The number of nitrogens with one attached hydrogen (secondary N) is 1.